The molecule has 0 unspecified atom stereocenters. The van der Waals surface area contributed by atoms with Crippen LogP contribution in [-0.4, -0.2) is 48.4 Å². The Morgan fingerprint density at radius 1 is 1.00 bits per heavy atom. The van der Waals surface area contributed by atoms with Crippen molar-refractivity contribution in [3.8, 4) is 0 Å². The second kappa shape index (κ2) is 13.0. The summed E-state index contributed by atoms with van der Waals surface area (Å²) >= 11 is 6.11. The quantitative estimate of drug-likeness (QED) is 0.337. The van der Waals surface area contributed by atoms with Crippen molar-refractivity contribution in [1.82, 2.24) is 15.5 Å². The predicted molar refractivity (Wildman–Crippen MR) is 159 cm³/mol. The molecule has 0 radical (unpaired) electrons. The number of halogens is 1. The summed E-state index contributed by atoms with van der Waals surface area (Å²) in [7, 11) is 0. The predicted octanol–water partition coefficient (Wildman–Crippen LogP) is 6.56. The van der Waals surface area contributed by atoms with E-state index in [9.17, 15) is 9.59 Å². The van der Waals surface area contributed by atoms with Gasteiger partial charge in [0, 0.05) is 42.2 Å². The van der Waals surface area contributed by atoms with Crippen LogP contribution in [0.25, 0.3) is 10.8 Å². The summed E-state index contributed by atoms with van der Waals surface area (Å²) in [6.07, 6.45) is 7.62. The van der Waals surface area contributed by atoms with Crippen molar-refractivity contribution in [3.63, 3.8) is 0 Å². The van der Waals surface area contributed by atoms with E-state index in [1.54, 1.807) is 0 Å². The van der Waals surface area contributed by atoms with Gasteiger partial charge in [-0.05, 0) is 72.2 Å². The van der Waals surface area contributed by atoms with Gasteiger partial charge in [-0.3, -0.25) is 9.59 Å². The molecule has 1 saturated carbocycles. The molecule has 0 bridgehead atoms. The summed E-state index contributed by atoms with van der Waals surface area (Å²) in [5, 5.41) is 9.55. The van der Waals surface area contributed by atoms with Crippen LogP contribution in [0.4, 0.5) is 0 Å². The molecule has 5 nitrogen and oxygen atoms in total. The highest BCUT2D eigenvalue weighted by molar-refractivity contribution is 6.31. The number of carbonyl (C=O) groups is 2. The van der Waals surface area contributed by atoms with Crippen LogP contribution < -0.4 is 10.6 Å². The van der Waals surface area contributed by atoms with Gasteiger partial charge < -0.3 is 15.5 Å². The third-order valence-electron chi connectivity index (χ3n) is 8.64. The molecular formula is C33H40ClN3O2. The lowest BCUT2D eigenvalue weighted by molar-refractivity contribution is -0.134. The second-order valence-electron chi connectivity index (χ2n) is 11.2. The minimum absolute atomic E-state index is 0.0471. The van der Waals surface area contributed by atoms with Crippen LogP contribution in [0.5, 0.6) is 0 Å². The smallest absolute Gasteiger partial charge is 0.251 e. The van der Waals surface area contributed by atoms with Gasteiger partial charge in [0.15, 0.2) is 0 Å². The van der Waals surface area contributed by atoms with E-state index >= 15 is 0 Å². The van der Waals surface area contributed by atoms with E-state index in [1.165, 1.54) is 24.8 Å². The van der Waals surface area contributed by atoms with Gasteiger partial charge in [0.1, 0.15) is 0 Å². The van der Waals surface area contributed by atoms with Crippen molar-refractivity contribution < 1.29 is 9.59 Å². The molecule has 2 aliphatic rings. The Labute approximate surface area is 237 Å². The number of nitrogens with zero attached hydrogens (tertiary/aromatic N) is 1. The van der Waals surface area contributed by atoms with E-state index in [4.69, 9.17) is 11.6 Å². The van der Waals surface area contributed by atoms with Crippen LogP contribution in [0.2, 0.25) is 5.02 Å². The molecule has 206 valence electrons. The lowest BCUT2D eigenvalue weighted by atomic mass is 9.83. The Kier molecular flexibility index (Phi) is 9.21. The molecule has 1 heterocycles. The van der Waals surface area contributed by atoms with E-state index in [0.29, 0.717) is 35.5 Å². The monoisotopic (exact) mass is 545 g/mol. The van der Waals surface area contributed by atoms with Crippen molar-refractivity contribution in [2.24, 2.45) is 5.92 Å². The van der Waals surface area contributed by atoms with Gasteiger partial charge in [-0.1, -0.05) is 80.3 Å². The minimum atomic E-state index is -0.187. The zero-order valence-electron chi connectivity index (χ0n) is 22.9. The third kappa shape index (κ3) is 6.82. The molecular weight excluding hydrogens is 506 g/mol. The molecule has 3 aromatic rings. The Morgan fingerprint density at radius 3 is 2.51 bits per heavy atom. The maximum Gasteiger partial charge on any atom is 0.251 e. The van der Waals surface area contributed by atoms with E-state index in [1.807, 2.05) is 42.5 Å². The number of amides is 2. The first-order valence-electron chi connectivity index (χ1n) is 14.6. The minimum Gasteiger partial charge on any atom is -0.350 e. The Bertz CT molecular complexity index is 1270. The molecule has 0 spiro atoms. The van der Waals surface area contributed by atoms with Crippen molar-refractivity contribution in [3.05, 3.63) is 82.9 Å². The largest absolute Gasteiger partial charge is 0.350 e. The van der Waals surface area contributed by atoms with Crippen LogP contribution in [0.15, 0.2) is 66.7 Å². The molecule has 1 aliphatic carbocycles. The maximum absolute atomic E-state index is 13.9. The SMILES string of the molecule is CC[C@H](CN1CC[C@H](CNC(=O)c2ccc3cc(Cl)ccc3c2)N[C@H](C2CCCCC2)C1=O)c1ccccc1. The standard InChI is InChI=1S/C33H40ClN3O2/c1-2-23(24-9-5-3-6-10-24)22-37-18-17-30(36-31(33(37)39)25-11-7-4-8-12-25)21-35-32(38)28-14-13-27-20-29(34)16-15-26(27)19-28/h3,5-6,9-10,13-16,19-20,23,25,30-31,36H,2,4,7-8,11-12,17-18,21-22H2,1H3,(H,35,38)/t23-,30-,31-/m1/s1. The summed E-state index contributed by atoms with van der Waals surface area (Å²) in [5.74, 6) is 0.819. The number of fused-ring (bicyclic) bond motifs is 1. The van der Waals surface area contributed by atoms with Crippen molar-refractivity contribution in [1.29, 1.82) is 0 Å². The molecule has 39 heavy (non-hydrogen) atoms. The average Bonchev–Trinajstić information content (AvgIpc) is 3.13. The van der Waals surface area contributed by atoms with Crippen LogP contribution >= 0.6 is 11.6 Å². The van der Waals surface area contributed by atoms with Crippen LogP contribution in [0.3, 0.4) is 0 Å². The van der Waals surface area contributed by atoms with E-state index in [2.05, 4.69) is 46.7 Å². The Hall–Kier alpha value is -2.89. The molecule has 3 aromatic carbocycles. The Balaban J connectivity index is 1.28. The fourth-order valence-electron chi connectivity index (χ4n) is 6.31. The summed E-state index contributed by atoms with van der Waals surface area (Å²) in [6.45, 7) is 4.15. The molecule has 2 amide bonds. The molecule has 2 N–H and O–H groups in total. The van der Waals surface area contributed by atoms with Crippen LogP contribution in [-0.2, 0) is 4.79 Å². The lowest BCUT2D eigenvalue weighted by Crippen LogP contribution is -2.53. The second-order valence-corrected chi connectivity index (χ2v) is 11.7. The molecule has 3 atom stereocenters. The fourth-order valence-corrected chi connectivity index (χ4v) is 6.49. The van der Waals surface area contributed by atoms with Gasteiger partial charge >= 0.3 is 0 Å². The topological polar surface area (TPSA) is 61.4 Å². The van der Waals surface area contributed by atoms with Crippen LogP contribution in [0.1, 0.15) is 73.7 Å². The zero-order valence-corrected chi connectivity index (χ0v) is 23.6. The van der Waals surface area contributed by atoms with Gasteiger partial charge in [0.25, 0.3) is 5.91 Å². The van der Waals surface area contributed by atoms with E-state index < -0.39 is 0 Å². The molecule has 1 aliphatic heterocycles. The van der Waals surface area contributed by atoms with Gasteiger partial charge in [0.2, 0.25) is 5.91 Å². The highest BCUT2D eigenvalue weighted by Gasteiger charge is 2.37. The number of hydrogen-bond acceptors (Lipinski definition) is 3. The van der Waals surface area contributed by atoms with Crippen molar-refractivity contribution >= 4 is 34.2 Å². The van der Waals surface area contributed by atoms with Gasteiger partial charge in [-0.25, -0.2) is 0 Å². The molecule has 6 heteroatoms. The van der Waals surface area contributed by atoms with Crippen LogP contribution in [0, 0.1) is 5.92 Å². The Morgan fingerprint density at radius 2 is 1.74 bits per heavy atom. The van der Waals surface area contributed by atoms with Gasteiger partial charge in [-0.15, -0.1) is 0 Å². The summed E-state index contributed by atoms with van der Waals surface area (Å²) in [5.41, 5.74) is 1.93. The molecule has 5 rings (SSSR count). The summed E-state index contributed by atoms with van der Waals surface area (Å²) in [4.78, 5) is 29.1. The van der Waals surface area contributed by atoms with Gasteiger partial charge in [0.05, 0.1) is 6.04 Å². The third-order valence-corrected chi connectivity index (χ3v) is 8.87. The summed E-state index contributed by atoms with van der Waals surface area (Å²) in [6, 6.07) is 21.8. The molecule has 0 aromatic heterocycles. The first kappa shape index (κ1) is 27.7. The summed E-state index contributed by atoms with van der Waals surface area (Å²) < 4.78 is 0. The van der Waals surface area contributed by atoms with Crippen molar-refractivity contribution in [2.45, 2.75) is 69.9 Å². The zero-order chi connectivity index (χ0) is 27.2. The van der Waals surface area contributed by atoms with Crippen molar-refractivity contribution in [2.75, 3.05) is 19.6 Å². The first-order valence-corrected chi connectivity index (χ1v) is 15.0. The number of nitrogens with one attached hydrogen (secondary N) is 2. The highest BCUT2D eigenvalue weighted by Crippen LogP contribution is 2.30. The first-order chi connectivity index (χ1) is 19.0. The number of benzene rings is 3. The lowest BCUT2D eigenvalue weighted by Gasteiger charge is -2.34. The highest BCUT2D eigenvalue weighted by atomic mass is 35.5. The number of rotatable bonds is 8. The number of hydrogen-bond donors (Lipinski definition) is 2. The maximum atomic E-state index is 13.9. The normalized spacial score (nSPS) is 21.5. The average molecular weight is 546 g/mol. The fraction of sp³-hybridized carbons (Fsp3) is 0.455. The molecule has 1 saturated heterocycles. The number of carbonyl (C=O) groups excluding carboxylic acids is 2. The van der Waals surface area contributed by atoms with E-state index in [0.717, 1.165) is 43.0 Å². The van der Waals surface area contributed by atoms with E-state index in [-0.39, 0.29) is 23.9 Å². The van der Waals surface area contributed by atoms with Gasteiger partial charge in [-0.2, -0.15) is 0 Å². The molecule has 2 fully saturated rings.